The summed E-state index contributed by atoms with van der Waals surface area (Å²) < 4.78 is 26.7. The fraction of sp³-hybridized carbons (Fsp3) is 0.154. The Morgan fingerprint density at radius 2 is 1.78 bits per heavy atom. The van der Waals surface area contributed by atoms with E-state index in [1.54, 1.807) is 12.3 Å². The third-order valence-corrected chi connectivity index (χ3v) is 2.90. The molecule has 1 heterocycles. The molecule has 1 atom stereocenters. The summed E-state index contributed by atoms with van der Waals surface area (Å²) in [6, 6.07) is 4.93. The zero-order valence-electron chi connectivity index (χ0n) is 9.28. The number of aliphatic hydroxyl groups excluding tert-OH is 1. The monoisotopic (exact) mass is 313 g/mol. The molecule has 1 aromatic heterocycles. The molecular weight excluding hydrogens is 304 g/mol. The first-order chi connectivity index (χ1) is 8.54. The molecule has 2 aromatic rings. The highest BCUT2D eigenvalue weighted by Crippen LogP contribution is 2.21. The molecule has 0 aliphatic heterocycles. The second-order valence-corrected chi connectivity index (χ2v) is 4.85. The highest BCUT2D eigenvalue weighted by molar-refractivity contribution is 9.10. The minimum atomic E-state index is -0.851. The third kappa shape index (κ3) is 3.34. The van der Waals surface area contributed by atoms with E-state index in [1.165, 1.54) is 18.3 Å². The Labute approximate surface area is 111 Å². The number of hydrogen-bond donors (Lipinski definition) is 1. The van der Waals surface area contributed by atoms with Gasteiger partial charge in [0, 0.05) is 34.9 Å². The number of aliphatic hydroxyl groups is 1. The van der Waals surface area contributed by atoms with E-state index in [-0.39, 0.29) is 6.42 Å². The van der Waals surface area contributed by atoms with Crippen molar-refractivity contribution in [3.05, 3.63) is 63.9 Å². The lowest BCUT2D eigenvalue weighted by atomic mass is 10.0. The van der Waals surface area contributed by atoms with Gasteiger partial charge in [-0.05, 0) is 39.7 Å². The van der Waals surface area contributed by atoms with Gasteiger partial charge in [-0.2, -0.15) is 0 Å². The lowest BCUT2D eigenvalue weighted by molar-refractivity contribution is 0.178. The standard InChI is InChI=1S/C13H10BrF2NO/c14-10-4-9(6-17-7-10)13(18)3-8-1-11(15)5-12(16)2-8/h1-2,4-7,13,18H,3H2. The van der Waals surface area contributed by atoms with Gasteiger partial charge in [0.1, 0.15) is 11.6 Å². The van der Waals surface area contributed by atoms with Gasteiger partial charge in [0.15, 0.2) is 0 Å². The van der Waals surface area contributed by atoms with Crippen molar-refractivity contribution in [3.8, 4) is 0 Å². The Bertz CT molecular complexity index is 542. The second kappa shape index (κ2) is 5.54. The molecule has 0 bridgehead atoms. The molecule has 0 radical (unpaired) electrons. The molecule has 2 nitrogen and oxygen atoms in total. The quantitative estimate of drug-likeness (QED) is 0.942. The molecule has 94 valence electrons. The summed E-state index contributed by atoms with van der Waals surface area (Å²) in [6.07, 6.45) is 2.40. The van der Waals surface area contributed by atoms with Crippen molar-refractivity contribution < 1.29 is 13.9 Å². The van der Waals surface area contributed by atoms with Crippen LogP contribution in [-0.4, -0.2) is 10.1 Å². The molecule has 1 unspecified atom stereocenters. The van der Waals surface area contributed by atoms with Gasteiger partial charge in [0.05, 0.1) is 6.10 Å². The maximum atomic E-state index is 13.0. The predicted octanol–water partition coefficient (Wildman–Crippen LogP) is 3.40. The van der Waals surface area contributed by atoms with Crippen LogP contribution in [0.1, 0.15) is 17.2 Å². The van der Waals surface area contributed by atoms with E-state index in [4.69, 9.17) is 0 Å². The molecule has 0 spiro atoms. The van der Waals surface area contributed by atoms with E-state index in [0.29, 0.717) is 11.1 Å². The summed E-state index contributed by atoms with van der Waals surface area (Å²) in [5, 5.41) is 9.97. The largest absolute Gasteiger partial charge is 0.388 e. The van der Waals surface area contributed by atoms with E-state index in [9.17, 15) is 13.9 Å². The van der Waals surface area contributed by atoms with Crippen LogP contribution in [0.3, 0.4) is 0 Å². The molecular formula is C13H10BrF2NO. The number of rotatable bonds is 3. The maximum absolute atomic E-state index is 13.0. The van der Waals surface area contributed by atoms with Gasteiger partial charge < -0.3 is 5.11 Å². The van der Waals surface area contributed by atoms with Crippen LogP contribution in [0.15, 0.2) is 41.1 Å². The van der Waals surface area contributed by atoms with Gasteiger partial charge in [0.25, 0.3) is 0 Å². The Morgan fingerprint density at radius 3 is 2.39 bits per heavy atom. The predicted molar refractivity (Wildman–Crippen MR) is 67.0 cm³/mol. The van der Waals surface area contributed by atoms with E-state index < -0.39 is 17.7 Å². The fourth-order valence-corrected chi connectivity index (χ4v) is 2.06. The molecule has 1 aromatic carbocycles. The highest BCUT2D eigenvalue weighted by Gasteiger charge is 2.11. The molecule has 0 fully saturated rings. The van der Waals surface area contributed by atoms with Crippen LogP contribution >= 0.6 is 15.9 Å². The van der Waals surface area contributed by atoms with Crippen molar-refractivity contribution >= 4 is 15.9 Å². The number of halogens is 3. The Morgan fingerprint density at radius 1 is 1.11 bits per heavy atom. The van der Waals surface area contributed by atoms with Crippen LogP contribution in [0, 0.1) is 11.6 Å². The Hall–Kier alpha value is -1.33. The number of pyridine rings is 1. The van der Waals surface area contributed by atoms with Gasteiger partial charge in [-0.3, -0.25) is 4.98 Å². The van der Waals surface area contributed by atoms with Gasteiger partial charge >= 0.3 is 0 Å². The number of nitrogens with zero attached hydrogens (tertiary/aromatic N) is 1. The first kappa shape index (κ1) is 13.1. The summed E-state index contributed by atoms with van der Waals surface area (Å²) in [6.45, 7) is 0. The molecule has 0 amide bonds. The summed E-state index contributed by atoms with van der Waals surface area (Å²) in [4.78, 5) is 3.93. The average molecular weight is 314 g/mol. The van der Waals surface area contributed by atoms with Crippen molar-refractivity contribution in [1.82, 2.24) is 4.98 Å². The van der Waals surface area contributed by atoms with Crippen molar-refractivity contribution in [1.29, 1.82) is 0 Å². The molecule has 5 heteroatoms. The third-order valence-electron chi connectivity index (χ3n) is 2.46. The van der Waals surface area contributed by atoms with Crippen LogP contribution in [0.5, 0.6) is 0 Å². The summed E-state index contributed by atoms with van der Waals surface area (Å²) >= 11 is 3.25. The van der Waals surface area contributed by atoms with Crippen LogP contribution in [0.4, 0.5) is 8.78 Å². The van der Waals surface area contributed by atoms with Crippen LogP contribution in [-0.2, 0) is 6.42 Å². The Kier molecular flexibility index (Phi) is 4.04. The van der Waals surface area contributed by atoms with Crippen molar-refractivity contribution in [2.45, 2.75) is 12.5 Å². The molecule has 2 rings (SSSR count). The summed E-state index contributed by atoms with van der Waals surface area (Å²) in [5.74, 6) is -1.30. The zero-order chi connectivity index (χ0) is 13.1. The summed E-state index contributed by atoms with van der Waals surface area (Å²) in [7, 11) is 0. The zero-order valence-corrected chi connectivity index (χ0v) is 10.9. The topological polar surface area (TPSA) is 33.1 Å². The molecule has 18 heavy (non-hydrogen) atoms. The fourth-order valence-electron chi connectivity index (χ4n) is 1.68. The van der Waals surface area contributed by atoms with Crippen molar-refractivity contribution in [2.75, 3.05) is 0 Å². The minimum absolute atomic E-state index is 0.132. The maximum Gasteiger partial charge on any atom is 0.126 e. The van der Waals surface area contributed by atoms with Gasteiger partial charge in [-0.1, -0.05) is 0 Å². The van der Waals surface area contributed by atoms with Gasteiger partial charge in [-0.15, -0.1) is 0 Å². The SMILES string of the molecule is OC(Cc1cc(F)cc(F)c1)c1cncc(Br)c1. The smallest absolute Gasteiger partial charge is 0.126 e. The van der Waals surface area contributed by atoms with E-state index >= 15 is 0 Å². The van der Waals surface area contributed by atoms with Gasteiger partial charge in [-0.25, -0.2) is 8.78 Å². The molecule has 0 saturated carbocycles. The van der Waals surface area contributed by atoms with Crippen molar-refractivity contribution in [3.63, 3.8) is 0 Å². The number of aromatic nitrogens is 1. The van der Waals surface area contributed by atoms with Crippen LogP contribution < -0.4 is 0 Å². The first-order valence-electron chi connectivity index (χ1n) is 5.28. The van der Waals surface area contributed by atoms with Gasteiger partial charge in [0.2, 0.25) is 0 Å². The first-order valence-corrected chi connectivity index (χ1v) is 6.07. The minimum Gasteiger partial charge on any atom is -0.388 e. The Balaban J connectivity index is 2.18. The lowest BCUT2D eigenvalue weighted by Crippen LogP contribution is -2.03. The average Bonchev–Trinajstić information content (AvgIpc) is 2.27. The van der Waals surface area contributed by atoms with Crippen molar-refractivity contribution in [2.24, 2.45) is 0 Å². The molecule has 0 aliphatic carbocycles. The molecule has 1 N–H and O–H groups in total. The summed E-state index contributed by atoms with van der Waals surface area (Å²) in [5.41, 5.74) is 0.994. The molecule has 0 saturated heterocycles. The number of benzene rings is 1. The number of hydrogen-bond acceptors (Lipinski definition) is 2. The molecule has 0 aliphatic rings. The van der Waals surface area contributed by atoms with Crippen LogP contribution in [0.25, 0.3) is 0 Å². The second-order valence-electron chi connectivity index (χ2n) is 3.93. The van der Waals surface area contributed by atoms with E-state index in [2.05, 4.69) is 20.9 Å². The highest BCUT2D eigenvalue weighted by atomic mass is 79.9. The van der Waals surface area contributed by atoms with Crippen LogP contribution in [0.2, 0.25) is 0 Å². The van der Waals surface area contributed by atoms with E-state index in [0.717, 1.165) is 10.5 Å². The normalized spacial score (nSPS) is 12.4. The van der Waals surface area contributed by atoms with E-state index in [1.807, 2.05) is 0 Å². The lowest BCUT2D eigenvalue weighted by Gasteiger charge is -2.11.